The van der Waals surface area contributed by atoms with E-state index >= 15 is 0 Å². The molecule has 1 aliphatic heterocycles. The summed E-state index contributed by atoms with van der Waals surface area (Å²) in [6, 6.07) is 5.61. The highest BCUT2D eigenvalue weighted by Gasteiger charge is 2.25. The Kier molecular flexibility index (Phi) is 4.80. The number of benzene rings is 1. The largest absolute Gasteiger partial charge is 0.501 e. The van der Waals surface area contributed by atoms with Crippen molar-refractivity contribution < 1.29 is 14.3 Å². The highest BCUT2D eigenvalue weighted by atomic mass is 19.1. The summed E-state index contributed by atoms with van der Waals surface area (Å²) >= 11 is 0. The van der Waals surface area contributed by atoms with E-state index in [9.17, 15) is 19.1 Å². The zero-order valence-corrected chi connectivity index (χ0v) is 13.8. The van der Waals surface area contributed by atoms with Gasteiger partial charge in [-0.3, -0.25) is 9.59 Å². The quantitative estimate of drug-likeness (QED) is 0.775. The van der Waals surface area contributed by atoms with Crippen molar-refractivity contribution in [2.24, 2.45) is 0 Å². The Morgan fingerprint density at radius 2 is 2.12 bits per heavy atom. The number of aromatic hydroxyl groups is 1. The van der Waals surface area contributed by atoms with Gasteiger partial charge in [-0.25, -0.2) is 9.37 Å². The second kappa shape index (κ2) is 7.02. The summed E-state index contributed by atoms with van der Waals surface area (Å²) in [7, 11) is 1.53. The number of halogens is 1. The third kappa shape index (κ3) is 3.69. The fourth-order valence-electron chi connectivity index (χ4n) is 2.83. The smallest absolute Gasteiger partial charge is 0.293 e. The van der Waals surface area contributed by atoms with Crippen molar-refractivity contribution in [3.8, 4) is 5.75 Å². The van der Waals surface area contributed by atoms with Gasteiger partial charge < -0.3 is 20.3 Å². The molecule has 0 bridgehead atoms. The molecule has 1 saturated heterocycles. The van der Waals surface area contributed by atoms with E-state index in [0.717, 1.165) is 24.9 Å². The average Bonchev–Trinajstić information content (AvgIpc) is 3.13. The summed E-state index contributed by atoms with van der Waals surface area (Å²) < 4.78 is 13.0. The van der Waals surface area contributed by atoms with Crippen LogP contribution < -0.4 is 10.9 Å². The Hall–Kier alpha value is -2.74. The Labute approximate surface area is 143 Å². The molecule has 1 amide bonds. The molecule has 25 heavy (non-hydrogen) atoms. The first-order valence-electron chi connectivity index (χ1n) is 8.02. The molecule has 3 rings (SSSR count). The van der Waals surface area contributed by atoms with E-state index < -0.39 is 17.2 Å². The van der Waals surface area contributed by atoms with Gasteiger partial charge in [-0.1, -0.05) is 12.1 Å². The molecule has 1 aromatic carbocycles. The topological polar surface area (TPSA) is 98.3 Å². The SMILES string of the molecule is CN(Cc1ccc(F)cc1)C(=O)c1nc(C2CCCN2)[nH]c(=O)c1O. The summed E-state index contributed by atoms with van der Waals surface area (Å²) in [6.45, 7) is 1.01. The van der Waals surface area contributed by atoms with Gasteiger partial charge in [0.15, 0.2) is 5.69 Å². The van der Waals surface area contributed by atoms with Gasteiger partial charge in [-0.2, -0.15) is 0 Å². The standard InChI is InChI=1S/C17H19FN4O3/c1-22(9-10-4-6-11(18)7-5-10)17(25)13-14(23)16(24)21-15(20-13)12-3-2-8-19-12/h4-7,12,19,23H,2-3,8-9H2,1H3,(H,20,21,24). The van der Waals surface area contributed by atoms with Crippen molar-refractivity contribution in [3.05, 3.63) is 57.5 Å². The zero-order valence-electron chi connectivity index (χ0n) is 13.8. The van der Waals surface area contributed by atoms with Gasteiger partial charge in [-0.05, 0) is 37.1 Å². The van der Waals surface area contributed by atoms with E-state index in [1.165, 1.54) is 24.1 Å². The number of carbonyl (C=O) groups excluding carboxylic acids is 1. The first-order chi connectivity index (χ1) is 12.0. The molecule has 2 heterocycles. The molecular weight excluding hydrogens is 327 g/mol. The van der Waals surface area contributed by atoms with Gasteiger partial charge in [0.25, 0.3) is 11.5 Å². The molecule has 3 N–H and O–H groups in total. The molecule has 8 heteroatoms. The van der Waals surface area contributed by atoms with Crippen molar-refractivity contribution in [1.29, 1.82) is 0 Å². The van der Waals surface area contributed by atoms with Crippen molar-refractivity contribution >= 4 is 5.91 Å². The van der Waals surface area contributed by atoms with Crippen molar-refractivity contribution in [2.45, 2.75) is 25.4 Å². The lowest BCUT2D eigenvalue weighted by atomic mass is 10.2. The summed E-state index contributed by atoms with van der Waals surface area (Å²) in [6.07, 6.45) is 1.75. The van der Waals surface area contributed by atoms with Crippen LogP contribution in [0.4, 0.5) is 4.39 Å². The number of amides is 1. The van der Waals surface area contributed by atoms with Crippen molar-refractivity contribution in [1.82, 2.24) is 20.2 Å². The van der Waals surface area contributed by atoms with E-state index in [1.54, 1.807) is 12.1 Å². The fraction of sp³-hybridized carbons (Fsp3) is 0.353. The predicted octanol–water partition coefficient (Wildman–Crippen LogP) is 1.31. The van der Waals surface area contributed by atoms with Crippen LogP contribution in [-0.4, -0.2) is 39.5 Å². The number of nitrogens with zero attached hydrogens (tertiary/aromatic N) is 2. The highest BCUT2D eigenvalue weighted by Crippen LogP contribution is 2.21. The Morgan fingerprint density at radius 3 is 2.76 bits per heavy atom. The van der Waals surface area contributed by atoms with Gasteiger partial charge in [0.1, 0.15) is 11.6 Å². The maximum Gasteiger partial charge on any atom is 0.293 e. The molecule has 0 spiro atoms. The number of hydrogen-bond acceptors (Lipinski definition) is 5. The molecule has 1 aromatic heterocycles. The number of nitrogens with one attached hydrogen (secondary N) is 2. The second-order valence-electron chi connectivity index (χ2n) is 6.09. The summed E-state index contributed by atoms with van der Waals surface area (Å²) in [5.41, 5.74) is -0.298. The summed E-state index contributed by atoms with van der Waals surface area (Å²) in [4.78, 5) is 32.6. The van der Waals surface area contributed by atoms with E-state index in [-0.39, 0.29) is 24.1 Å². The molecule has 132 valence electrons. The minimum atomic E-state index is -0.739. The lowest BCUT2D eigenvalue weighted by molar-refractivity contribution is 0.0774. The third-order valence-electron chi connectivity index (χ3n) is 4.19. The Morgan fingerprint density at radius 1 is 1.40 bits per heavy atom. The van der Waals surface area contributed by atoms with E-state index in [2.05, 4.69) is 15.3 Å². The molecule has 1 fully saturated rings. The molecule has 0 aliphatic carbocycles. The molecule has 0 saturated carbocycles. The van der Waals surface area contributed by atoms with Crippen LogP contribution in [-0.2, 0) is 6.54 Å². The summed E-state index contributed by atoms with van der Waals surface area (Å²) in [5.74, 6) is -1.29. The number of rotatable bonds is 4. The van der Waals surface area contributed by atoms with Crippen LogP contribution in [0.25, 0.3) is 0 Å². The lowest BCUT2D eigenvalue weighted by Crippen LogP contribution is -2.30. The van der Waals surface area contributed by atoms with Crippen LogP contribution in [0.1, 0.15) is 40.8 Å². The number of H-pyrrole nitrogens is 1. The van der Waals surface area contributed by atoms with Gasteiger partial charge in [-0.15, -0.1) is 0 Å². The van der Waals surface area contributed by atoms with Crippen LogP contribution in [0, 0.1) is 5.82 Å². The zero-order chi connectivity index (χ0) is 18.0. The first-order valence-corrected chi connectivity index (χ1v) is 8.02. The van der Waals surface area contributed by atoms with Gasteiger partial charge >= 0.3 is 0 Å². The Bertz CT molecular complexity index is 829. The van der Waals surface area contributed by atoms with Crippen LogP contribution >= 0.6 is 0 Å². The second-order valence-corrected chi connectivity index (χ2v) is 6.09. The molecule has 7 nitrogen and oxygen atoms in total. The van der Waals surface area contributed by atoms with E-state index in [0.29, 0.717) is 5.82 Å². The lowest BCUT2D eigenvalue weighted by Gasteiger charge is -2.18. The fourth-order valence-corrected chi connectivity index (χ4v) is 2.83. The van der Waals surface area contributed by atoms with Crippen molar-refractivity contribution in [3.63, 3.8) is 0 Å². The van der Waals surface area contributed by atoms with Gasteiger partial charge in [0.05, 0.1) is 6.04 Å². The minimum absolute atomic E-state index is 0.137. The predicted molar refractivity (Wildman–Crippen MR) is 88.7 cm³/mol. The number of hydrogen-bond donors (Lipinski definition) is 3. The number of carbonyl (C=O) groups is 1. The first kappa shape index (κ1) is 17.1. The van der Waals surface area contributed by atoms with E-state index in [1.807, 2.05) is 0 Å². The van der Waals surface area contributed by atoms with Crippen LogP contribution in [0.15, 0.2) is 29.1 Å². The highest BCUT2D eigenvalue weighted by molar-refractivity contribution is 5.94. The molecule has 1 aliphatic rings. The Balaban J connectivity index is 1.85. The van der Waals surface area contributed by atoms with Crippen LogP contribution in [0.5, 0.6) is 5.75 Å². The maximum atomic E-state index is 13.0. The number of aromatic amines is 1. The van der Waals surface area contributed by atoms with Gasteiger partial charge in [0.2, 0.25) is 5.75 Å². The monoisotopic (exact) mass is 346 g/mol. The minimum Gasteiger partial charge on any atom is -0.501 e. The van der Waals surface area contributed by atoms with Gasteiger partial charge in [0, 0.05) is 13.6 Å². The molecule has 2 aromatic rings. The third-order valence-corrected chi connectivity index (χ3v) is 4.19. The average molecular weight is 346 g/mol. The normalized spacial score (nSPS) is 16.8. The van der Waals surface area contributed by atoms with Crippen LogP contribution in [0.3, 0.4) is 0 Å². The summed E-state index contributed by atoms with van der Waals surface area (Å²) in [5, 5.41) is 13.1. The molecule has 0 radical (unpaired) electrons. The molecule has 1 atom stereocenters. The van der Waals surface area contributed by atoms with Crippen molar-refractivity contribution in [2.75, 3.05) is 13.6 Å². The van der Waals surface area contributed by atoms with Crippen LogP contribution in [0.2, 0.25) is 0 Å². The number of aromatic nitrogens is 2. The molecule has 1 unspecified atom stereocenters. The van der Waals surface area contributed by atoms with E-state index in [4.69, 9.17) is 0 Å². The maximum absolute atomic E-state index is 13.0. The molecular formula is C17H19FN4O3.